The first-order valence-corrected chi connectivity index (χ1v) is 9.06. The third kappa shape index (κ3) is 4.20. The van der Waals surface area contributed by atoms with E-state index in [0.717, 1.165) is 11.3 Å². The van der Waals surface area contributed by atoms with E-state index in [2.05, 4.69) is 15.3 Å². The molecule has 0 saturated carbocycles. The molecule has 3 rings (SSSR count). The Morgan fingerprint density at radius 3 is 2.85 bits per heavy atom. The van der Waals surface area contributed by atoms with E-state index < -0.39 is 0 Å². The van der Waals surface area contributed by atoms with E-state index in [1.54, 1.807) is 18.2 Å². The fourth-order valence-electron chi connectivity index (χ4n) is 2.67. The van der Waals surface area contributed by atoms with Gasteiger partial charge in [-0.2, -0.15) is 0 Å². The van der Waals surface area contributed by atoms with Crippen LogP contribution in [0.25, 0.3) is 10.9 Å². The van der Waals surface area contributed by atoms with Crippen LogP contribution in [-0.4, -0.2) is 26.5 Å². The molecule has 1 aromatic heterocycles. The van der Waals surface area contributed by atoms with E-state index in [4.69, 9.17) is 23.8 Å². The molecule has 2 N–H and O–H groups in total. The molecule has 7 heteroatoms. The van der Waals surface area contributed by atoms with Gasteiger partial charge < -0.3 is 15.2 Å². The summed E-state index contributed by atoms with van der Waals surface area (Å²) in [6.45, 7) is 5.10. The Hall–Kier alpha value is -2.44. The highest BCUT2D eigenvalue weighted by molar-refractivity contribution is 7.80. The van der Waals surface area contributed by atoms with E-state index in [0.29, 0.717) is 40.0 Å². The average Bonchev–Trinajstić information content (AvgIpc) is 2.59. The van der Waals surface area contributed by atoms with Crippen LogP contribution in [0.15, 0.2) is 47.3 Å². The van der Waals surface area contributed by atoms with Crippen LogP contribution in [0.3, 0.4) is 0 Å². The normalized spacial score (nSPS) is 10.7. The third-order valence-corrected chi connectivity index (χ3v) is 4.59. The number of aromatic nitrogens is 2. The predicted molar refractivity (Wildman–Crippen MR) is 111 cm³/mol. The second-order valence-corrected chi connectivity index (χ2v) is 6.81. The number of nitrogens with one attached hydrogen (secondary N) is 2. The first kappa shape index (κ1) is 18.4. The summed E-state index contributed by atoms with van der Waals surface area (Å²) in [6, 6.07) is 13.0. The molecule has 0 saturated heterocycles. The Balaban J connectivity index is 1.82. The van der Waals surface area contributed by atoms with Gasteiger partial charge in [0.1, 0.15) is 5.82 Å². The number of hydrogen-bond donors (Lipinski definition) is 2. The zero-order valence-electron chi connectivity index (χ0n) is 14.5. The van der Waals surface area contributed by atoms with Crippen molar-refractivity contribution in [2.24, 2.45) is 0 Å². The summed E-state index contributed by atoms with van der Waals surface area (Å²) in [5.41, 5.74) is 2.47. The van der Waals surface area contributed by atoms with Gasteiger partial charge in [-0.05, 0) is 62.0 Å². The molecule has 3 aromatic rings. The van der Waals surface area contributed by atoms with Gasteiger partial charge in [-0.25, -0.2) is 4.98 Å². The molecule has 0 fully saturated rings. The standard InChI is InChI=1S/C19H19ClN4OS/c1-3-24(19(26)21-14-6-4-5-12(2)9-14)11-17-22-16-10-13(20)7-8-15(16)18(25)23-17/h4-10H,3,11H2,1-2H3,(H,21,26)(H,22,23,25). The van der Waals surface area contributed by atoms with E-state index in [1.165, 1.54) is 0 Å². The molecule has 0 unspecified atom stereocenters. The molecule has 0 radical (unpaired) electrons. The second-order valence-electron chi connectivity index (χ2n) is 5.99. The maximum absolute atomic E-state index is 12.3. The quantitative estimate of drug-likeness (QED) is 0.661. The Morgan fingerprint density at radius 1 is 1.31 bits per heavy atom. The van der Waals surface area contributed by atoms with Crippen LogP contribution < -0.4 is 10.9 Å². The molecule has 26 heavy (non-hydrogen) atoms. The first-order valence-electron chi connectivity index (χ1n) is 8.27. The highest BCUT2D eigenvalue weighted by Crippen LogP contribution is 2.15. The summed E-state index contributed by atoms with van der Waals surface area (Å²) in [7, 11) is 0. The van der Waals surface area contributed by atoms with Crippen molar-refractivity contribution in [2.75, 3.05) is 11.9 Å². The van der Waals surface area contributed by atoms with Gasteiger partial charge in [0.2, 0.25) is 0 Å². The average molecular weight is 387 g/mol. The molecule has 0 amide bonds. The number of aryl methyl sites for hydroxylation is 1. The van der Waals surface area contributed by atoms with Crippen molar-refractivity contribution >= 4 is 45.5 Å². The lowest BCUT2D eigenvalue weighted by Crippen LogP contribution is -2.35. The third-order valence-electron chi connectivity index (χ3n) is 4.00. The molecule has 2 aromatic carbocycles. The van der Waals surface area contributed by atoms with Gasteiger partial charge in [0, 0.05) is 17.3 Å². The van der Waals surface area contributed by atoms with Crippen molar-refractivity contribution in [1.82, 2.24) is 14.9 Å². The zero-order chi connectivity index (χ0) is 18.7. The van der Waals surface area contributed by atoms with Gasteiger partial charge in [-0.15, -0.1) is 0 Å². The lowest BCUT2D eigenvalue weighted by Gasteiger charge is -2.24. The Labute approximate surface area is 162 Å². The molecule has 0 aliphatic heterocycles. The highest BCUT2D eigenvalue weighted by atomic mass is 35.5. The fraction of sp³-hybridized carbons (Fsp3) is 0.211. The number of halogens is 1. The Kier molecular flexibility index (Phi) is 5.54. The summed E-state index contributed by atoms with van der Waals surface area (Å²) >= 11 is 11.5. The number of benzene rings is 2. The Bertz CT molecular complexity index is 1020. The number of rotatable bonds is 4. The molecular formula is C19H19ClN4OS. The van der Waals surface area contributed by atoms with E-state index >= 15 is 0 Å². The number of anilines is 1. The molecule has 134 valence electrons. The lowest BCUT2D eigenvalue weighted by molar-refractivity contribution is 0.429. The Morgan fingerprint density at radius 2 is 2.12 bits per heavy atom. The van der Waals surface area contributed by atoms with Gasteiger partial charge in [-0.3, -0.25) is 4.79 Å². The first-order chi connectivity index (χ1) is 12.5. The van der Waals surface area contributed by atoms with Gasteiger partial charge in [0.25, 0.3) is 5.56 Å². The minimum atomic E-state index is -0.185. The van der Waals surface area contributed by atoms with Crippen molar-refractivity contribution in [2.45, 2.75) is 20.4 Å². The molecule has 0 bridgehead atoms. The maximum atomic E-state index is 12.3. The van der Waals surface area contributed by atoms with Gasteiger partial charge in [0.15, 0.2) is 5.11 Å². The lowest BCUT2D eigenvalue weighted by atomic mass is 10.2. The van der Waals surface area contributed by atoms with Gasteiger partial charge in [-0.1, -0.05) is 23.7 Å². The van der Waals surface area contributed by atoms with E-state index in [1.807, 2.05) is 43.0 Å². The SMILES string of the molecule is CCN(Cc1nc2cc(Cl)ccc2c(=O)[nH]1)C(=S)Nc1cccc(C)c1. The van der Waals surface area contributed by atoms with Crippen molar-refractivity contribution < 1.29 is 0 Å². The van der Waals surface area contributed by atoms with Crippen LogP contribution >= 0.6 is 23.8 Å². The van der Waals surface area contributed by atoms with Crippen LogP contribution in [0.1, 0.15) is 18.3 Å². The van der Waals surface area contributed by atoms with Crippen LogP contribution in [0.5, 0.6) is 0 Å². The van der Waals surface area contributed by atoms with Crippen LogP contribution in [0, 0.1) is 6.92 Å². The molecule has 0 aliphatic carbocycles. The molecule has 0 atom stereocenters. The summed E-state index contributed by atoms with van der Waals surface area (Å²) in [6.07, 6.45) is 0. The molecule has 0 spiro atoms. The number of H-pyrrole nitrogens is 1. The molecular weight excluding hydrogens is 368 g/mol. The van der Waals surface area contributed by atoms with Gasteiger partial charge >= 0.3 is 0 Å². The van der Waals surface area contributed by atoms with Gasteiger partial charge in [0.05, 0.1) is 17.4 Å². The maximum Gasteiger partial charge on any atom is 0.258 e. The number of aromatic amines is 1. The minimum absolute atomic E-state index is 0.185. The number of fused-ring (bicyclic) bond motifs is 1. The minimum Gasteiger partial charge on any atom is -0.342 e. The number of hydrogen-bond acceptors (Lipinski definition) is 3. The van der Waals surface area contributed by atoms with E-state index in [-0.39, 0.29) is 5.56 Å². The second kappa shape index (κ2) is 7.85. The van der Waals surface area contributed by atoms with Crippen molar-refractivity contribution in [1.29, 1.82) is 0 Å². The van der Waals surface area contributed by atoms with Crippen LogP contribution in [0.2, 0.25) is 5.02 Å². The smallest absolute Gasteiger partial charge is 0.258 e. The summed E-state index contributed by atoms with van der Waals surface area (Å²) < 4.78 is 0. The van der Waals surface area contributed by atoms with Crippen molar-refractivity contribution in [3.05, 3.63) is 69.2 Å². The fourth-order valence-corrected chi connectivity index (χ4v) is 3.15. The molecule has 5 nitrogen and oxygen atoms in total. The van der Waals surface area contributed by atoms with Crippen molar-refractivity contribution in [3.8, 4) is 0 Å². The highest BCUT2D eigenvalue weighted by Gasteiger charge is 2.12. The number of nitrogens with zero attached hydrogens (tertiary/aromatic N) is 2. The van der Waals surface area contributed by atoms with E-state index in [9.17, 15) is 4.79 Å². The summed E-state index contributed by atoms with van der Waals surface area (Å²) in [5.74, 6) is 0.542. The van der Waals surface area contributed by atoms with Crippen LogP contribution in [0.4, 0.5) is 5.69 Å². The predicted octanol–water partition coefficient (Wildman–Crippen LogP) is 4.10. The van der Waals surface area contributed by atoms with Crippen molar-refractivity contribution in [3.63, 3.8) is 0 Å². The van der Waals surface area contributed by atoms with Crippen LogP contribution in [-0.2, 0) is 6.54 Å². The molecule has 0 aliphatic rings. The monoisotopic (exact) mass is 386 g/mol. The summed E-state index contributed by atoms with van der Waals surface area (Å²) in [4.78, 5) is 21.6. The zero-order valence-corrected chi connectivity index (χ0v) is 16.1. The summed E-state index contributed by atoms with van der Waals surface area (Å²) in [5, 5.41) is 4.87. The number of thiocarbonyl (C=S) groups is 1. The topological polar surface area (TPSA) is 61.0 Å². The molecule has 1 heterocycles. The largest absolute Gasteiger partial charge is 0.342 e.